The minimum atomic E-state index is 0.0859. The largest absolute Gasteiger partial charge is 0.356 e. The lowest BCUT2D eigenvalue weighted by atomic mass is 10.0. The van der Waals surface area contributed by atoms with Crippen LogP contribution in [0.4, 0.5) is 0 Å². The van der Waals surface area contributed by atoms with Crippen LogP contribution in [-0.4, -0.2) is 30.2 Å². The molecule has 0 unspecified atom stereocenters. The average molecular weight is 341 g/mol. The van der Waals surface area contributed by atoms with Crippen LogP contribution in [0.15, 0.2) is 0 Å². The van der Waals surface area contributed by atoms with Gasteiger partial charge < -0.3 is 10.6 Å². The van der Waals surface area contributed by atoms with Gasteiger partial charge in [0.1, 0.15) is 5.78 Å². The number of carbonyl (C=O) groups is 3. The highest BCUT2D eigenvalue weighted by atomic mass is 16.2. The van der Waals surface area contributed by atoms with Gasteiger partial charge in [0.25, 0.3) is 0 Å². The molecule has 140 valence electrons. The molecule has 0 atom stereocenters. The van der Waals surface area contributed by atoms with Crippen LogP contribution in [0.3, 0.4) is 0 Å². The monoisotopic (exact) mass is 340 g/mol. The lowest BCUT2D eigenvalue weighted by Crippen LogP contribution is -2.29. The van der Waals surface area contributed by atoms with Crippen molar-refractivity contribution in [3.05, 3.63) is 0 Å². The van der Waals surface area contributed by atoms with Crippen LogP contribution < -0.4 is 10.6 Å². The van der Waals surface area contributed by atoms with E-state index in [9.17, 15) is 14.4 Å². The molecule has 0 spiro atoms. The predicted octanol–water partition coefficient (Wildman–Crippen LogP) is 3.36. The molecule has 0 saturated heterocycles. The highest BCUT2D eigenvalue weighted by Gasteiger charge is 2.07. The predicted molar refractivity (Wildman–Crippen MR) is 97.7 cm³/mol. The third kappa shape index (κ3) is 14.2. The maximum Gasteiger partial charge on any atom is 0.220 e. The van der Waals surface area contributed by atoms with E-state index >= 15 is 0 Å². The summed E-state index contributed by atoms with van der Waals surface area (Å²) in [5.41, 5.74) is 0. The van der Waals surface area contributed by atoms with Gasteiger partial charge in [-0.05, 0) is 39.5 Å². The summed E-state index contributed by atoms with van der Waals surface area (Å²) >= 11 is 0. The molecule has 5 nitrogen and oxygen atoms in total. The van der Waals surface area contributed by atoms with Gasteiger partial charge in [-0.2, -0.15) is 0 Å². The van der Waals surface area contributed by atoms with Crippen molar-refractivity contribution < 1.29 is 14.4 Å². The first kappa shape index (κ1) is 22.6. The number of ketones is 1. The quantitative estimate of drug-likeness (QED) is 0.476. The Morgan fingerprint density at radius 1 is 0.708 bits per heavy atom. The van der Waals surface area contributed by atoms with Crippen molar-refractivity contribution in [2.75, 3.05) is 6.54 Å². The van der Waals surface area contributed by atoms with E-state index in [0.29, 0.717) is 31.6 Å². The van der Waals surface area contributed by atoms with Gasteiger partial charge >= 0.3 is 0 Å². The Morgan fingerprint density at radius 2 is 1.25 bits per heavy atom. The van der Waals surface area contributed by atoms with E-state index in [-0.39, 0.29) is 23.8 Å². The number of amides is 2. The van der Waals surface area contributed by atoms with Crippen molar-refractivity contribution in [2.45, 2.75) is 91.5 Å². The summed E-state index contributed by atoms with van der Waals surface area (Å²) in [5, 5.41) is 5.78. The first-order chi connectivity index (χ1) is 11.3. The number of unbranched alkanes of at least 4 members (excludes halogenated alkanes) is 4. The Kier molecular flexibility index (Phi) is 13.2. The zero-order valence-electron chi connectivity index (χ0n) is 16.0. The molecule has 0 aliphatic rings. The number of hydrogen-bond acceptors (Lipinski definition) is 3. The van der Waals surface area contributed by atoms with Gasteiger partial charge in [-0.15, -0.1) is 0 Å². The molecule has 2 N–H and O–H groups in total. The second-order valence-corrected chi connectivity index (χ2v) is 7.06. The van der Waals surface area contributed by atoms with Gasteiger partial charge in [0.05, 0.1) is 0 Å². The van der Waals surface area contributed by atoms with Gasteiger partial charge in [-0.3, -0.25) is 14.4 Å². The normalized spacial score (nSPS) is 10.9. The third-order valence-corrected chi connectivity index (χ3v) is 3.82. The van der Waals surface area contributed by atoms with Crippen LogP contribution in [0, 0.1) is 5.92 Å². The summed E-state index contributed by atoms with van der Waals surface area (Å²) in [6.45, 7) is 8.43. The van der Waals surface area contributed by atoms with Crippen LogP contribution in [0.5, 0.6) is 0 Å². The summed E-state index contributed by atoms with van der Waals surface area (Å²) < 4.78 is 0. The second-order valence-electron chi connectivity index (χ2n) is 7.06. The van der Waals surface area contributed by atoms with Crippen LogP contribution in [0.2, 0.25) is 0 Å². The zero-order chi connectivity index (χ0) is 18.4. The maximum absolute atomic E-state index is 11.7. The number of Topliss-reactive ketones (excluding diaryl/α,β-unsaturated/α-hetero) is 1. The second kappa shape index (κ2) is 14.0. The summed E-state index contributed by atoms with van der Waals surface area (Å²) in [6, 6.07) is 0.195. The lowest BCUT2D eigenvalue weighted by molar-refractivity contribution is -0.122. The SMILES string of the molecule is CC(C)NC(=O)CCCCCNC(=O)CCCCCC(=O)C(C)C. The summed E-state index contributed by atoms with van der Waals surface area (Å²) in [6.07, 6.45) is 7.08. The molecule has 0 aromatic carbocycles. The van der Waals surface area contributed by atoms with E-state index in [1.807, 2.05) is 27.7 Å². The number of nitrogens with one attached hydrogen (secondary N) is 2. The molecule has 0 bridgehead atoms. The fourth-order valence-corrected chi connectivity index (χ4v) is 2.35. The highest BCUT2D eigenvalue weighted by molar-refractivity contribution is 5.80. The molecule has 0 fully saturated rings. The van der Waals surface area contributed by atoms with Crippen molar-refractivity contribution >= 4 is 17.6 Å². The van der Waals surface area contributed by atoms with Gasteiger partial charge in [0.15, 0.2) is 0 Å². The van der Waals surface area contributed by atoms with E-state index in [1.54, 1.807) is 0 Å². The number of hydrogen-bond donors (Lipinski definition) is 2. The molecule has 0 radical (unpaired) electrons. The Bertz CT molecular complexity index is 379. The summed E-state index contributed by atoms with van der Waals surface area (Å²) in [7, 11) is 0. The van der Waals surface area contributed by atoms with E-state index in [1.165, 1.54) is 0 Å². The van der Waals surface area contributed by atoms with E-state index < -0.39 is 0 Å². The van der Waals surface area contributed by atoms with Crippen molar-refractivity contribution in [2.24, 2.45) is 5.92 Å². The van der Waals surface area contributed by atoms with Crippen molar-refractivity contribution in [1.82, 2.24) is 10.6 Å². The standard InChI is InChI=1S/C19H36N2O3/c1-15(2)17(22)11-7-5-8-12-18(23)20-14-10-6-9-13-19(24)21-16(3)4/h15-16H,5-14H2,1-4H3,(H,20,23)(H,21,24). The summed E-state index contributed by atoms with van der Waals surface area (Å²) in [4.78, 5) is 34.6. The van der Waals surface area contributed by atoms with Gasteiger partial charge in [0, 0.05) is 37.8 Å². The lowest BCUT2D eigenvalue weighted by Gasteiger charge is -2.08. The first-order valence-electron chi connectivity index (χ1n) is 9.41. The molecular formula is C19H36N2O3. The van der Waals surface area contributed by atoms with E-state index in [0.717, 1.165) is 38.5 Å². The van der Waals surface area contributed by atoms with Crippen molar-refractivity contribution in [1.29, 1.82) is 0 Å². The average Bonchev–Trinajstić information content (AvgIpc) is 2.49. The van der Waals surface area contributed by atoms with Crippen molar-refractivity contribution in [3.8, 4) is 0 Å². The molecule has 0 aromatic rings. The molecule has 2 amide bonds. The van der Waals surface area contributed by atoms with E-state index in [2.05, 4.69) is 10.6 Å². The maximum atomic E-state index is 11.7. The van der Waals surface area contributed by atoms with Crippen LogP contribution in [-0.2, 0) is 14.4 Å². The number of rotatable bonds is 14. The fourth-order valence-electron chi connectivity index (χ4n) is 2.35. The molecule has 0 heterocycles. The Morgan fingerprint density at radius 3 is 1.83 bits per heavy atom. The smallest absolute Gasteiger partial charge is 0.220 e. The minimum absolute atomic E-state index is 0.0859. The van der Waals surface area contributed by atoms with Crippen LogP contribution in [0.25, 0.3) is 0 Å². The fraction of sp³-hybridized carbons (Fsp3) is 0.842. The molecule has 5 heteroatoms. The first-order valence-corrected chi connectivity index (χ1v) is 9.41. The summed E-state index contributed by atoms with van der Waals surface area (Å²) in [5.74, 6) is 0.610. The van der Waals surface area contributed by atoms with Crippen LogP contribution in [0.1, 0.15) is 85.5 Å². The Hall–Kier alpha value is -1.39. The molecule has 0 aliphatic heterocycles. The highest BCUT2D eigenvalue weighted by Crippen LogP contribution is 2.07. The molecule has 0 aromatic heterocycles. The topological polar surface area (TPSA) is 75.3 Å². The van der Waals surface area contributed by atoms with Crippen LogP contribution >= 0.6 is 0 Å². The molecular weight excluding hydrogens is 304 g/mol. The van der Waals surface area contributed by atoms with Gasteiger partial charge in [-0.1, -0.05) is 26.7 Å². The third-order valence-electron chi connectivity index (χ3n) is 3.82. The van der Waals surface area contributed by atoms with E-state index in [4.69, 9.17) is 0 Å². The zero-order valence-corrected chi connectivity index (χ0v) is 16.0. The molecule has 0 rings (SSSR count). The molecule has 24 heavy (non-hydrogen) atoms. The minimum Gasteiger partial charge on any atom is -0.356 e. The Labute approximate surface area is 147 Å². The Balaban J connectivity index is 3.41. The molecule has 0 saturated carbocycles. The number of carbonyl (C=O) groups excluding carboxylic acids is 3. The van der Waals surface area contributed by atoms with Crippen molar-refractivity contribution in [3.63, 3.8) is 0 Å². The molecule has 0 aliphatic carbocycles. The van der Waals surface area contributed by atoms with Gasteiger partial charge in [0.2, 0.25) is 11.8 Å². The van der Waals surface area contributed by atoms with Gasteiger partial charge in [-0.25, -0.2) is 0 Å².